The van der Waals surface area contributed by atoms with Gasteiger partial charge >= 0.3 is 0 Å². The van der Waals surface area contributed by atoms with Crippen LogP contribution >= 0.6 is 0 Å². The summed E-state index contributed by atoms with van der Waals surface area (Å²) in [6.45, 7) is 3.78. The zero-order valence-corrected chi connectivity index (χ0v) is 16.6. The molecule has 0 radical (unpaired) electrons. The lowest BCUT2D eigenvalue weighted by Crippen LogP contribution is -2.41. The van der Waals surface area contributed by atoms with Gasteiger partial charge in [0.1, 0.15) is 11.3 Å². The molecule has 0 unspecified atom stereocenters. The van der Waals surface area contributed by atoms with Crippen molar-refractivity contribution >= 4 is 5.91 Å². The fourth-order valence-electron chi connectivity index (χ4n) is 3.64. The number of carbonyl (C=O) groups is 1. The Kier molecular flexibility index (Phi) is 6.81. The summed E-state index contributed by atoms with van der Waals surface area (Å²) >= 11 is 0. The molecule has 1 aliphatic rings. The summed E-state index contributed by atoms with van der Waals surface area (Å²) in [5, 5.41) is 0. The van der Waals surface area contributed by atoms with E-state index in [1.807, 2.05) is 12.1 Å². The number of likely N-dealkylation sites (tertiary alicyclic amines) is 1. The van der Waals surface area contributed by atoms with Gasteiger partial charge < -0.3 is 19.5 Å². The van der Waals surface area contributed by atoms with Crippen LogP contribution in [0, 0.1) is 5.92 Å². The molecule has 7 heteroatoms. The van der Waals surface area contributed by atoms with E-state index in [0.29, 0.717) is 12.5 Å². The second kappa shape index (κ2) is 9.50. The molecule has 2 aromatic rings. The normalized spacial score (nSPS) is 15.4. The highest BCUT2D eigenvalue weighted by atomic mass is 16.5. The molecule has 1 saturated heterocycles. The molecule has 1 N–H and O–H groups in total. The van der Waals surface area contributed by atoms with Crippen LogP contribution in [-0.2, 0) is 6.42 Å². The molecule has 1 amide bonds. The highest BCUT2D eigenvalue weighted by Crippen LogP contribution is 2.19. The van der Waals surface area contributed by atoms with Crippen molar-refractivity contribution in [1.82, 2.24) is 19.8 Å². The standard InChI is InChI=1S/C21H28N4O3/c1-24(21(27)19-13-22-15-23-20(19)26)14-17-8-11-25(12-9-17)10-7-16-3-5-18(28-2)6-4-16/h3-6,13,15,17H,7-12,14H2,1-2H3,(H,22,23,26). The summed E-state index contributed by atoms with van der Waals surface area (Å²) in [5.74, 6) is 1.08. The first-order valence-corrected chi connectivity index (χ1v) is 9.70. The number of aromatic amines is 1. The number of nitrogens with zero attached hydrogens (tertiary/aromatic N) is 3. The summed E-state index contributed by atoms with van der Waals surface area (Å²) < 4.78 is 5.20. The monoisotopic (exact) mass is 384 g/mol. The number of nitrogens with one attached hydrogen (secondary N) is 1. The molecule has 0 spiro atoms. The first-order valence-electron chi connectivity index (χ1n) is 9.70. The predicted octanol–water partition coefficient (Wildman–Crippen LogP) is 1.81. The average Bonchev–Trinajstić information content (AvgIpc) is 2.73. The lowest BCUT2D eigenvalue weighted by molar-refractivity contribution is 0.0738. The van der Waals surface area contributed by atoms with Crippen LogP contribution in [0.25, 0.3) is 0 Å². The van der Waals surface area contributed by atoms with Crippen LogP contribution < -0.4 is 10.3 Å². The quantitative estimate of drug-likeness (QED) is 0.788. The summed E-state index contributed by atoms with van der Waals surface area (Å²) in [4.78, 5) is 34.6. The number of methoxy groups -OCH3 is 1. The molecule has 7 nitrogen and oxygen atoms in total. The van der Waals surface area contributed by atoms with Gasteiger partial charge in [0.15, 0.2) is 0 Å². The number of rotatable bonds is 7. The topological polar surface area (TPSA) is 78.5 Å². The van der Waals surface area contributed by atoms with Gasteiger partial charge in [0.2, 0.25) is 0 Å². The Morgan fingerprint density at radius 1 is 1.29 bits per heavy atom. The molecule has 1 aliphatic heterocycles. The Bertz CT molecular complexity index is 826. The molecule has 0 saturated carbocycles. The number of hydrogen-bond donors (Lipinski definition) is 1. The van der Waals surface area contributed by atoms with Crippen molar-refractivity contribution in [2.75, 3.05) is 40.3 Å². The fraction of sp³-hybridized carbons (Fsp3) is 0.476. The molecule has 0 bridgehead atoms. The Balaban J connectivity index is 1.42. The van der Waals surface area contributed by atoms with Gasteiger partial charge in [-0.15, -0.1) is 0 Å². The van der Waals surface area contributed by atoms with Crippen LogP contribution in [0.4, 0.5) is 0 Å². The lowest BCUT2D eigenvalue weighted by Gasteiger charge is -2.33. The zero-order chi connectivity index (χ0) is 19.9. The molecule has 1 fully saturated rings. The third-order valence-corrected chi connectivity index (χ3v) is 5.41. The summed E-state index contributed by atoms with van der Waals surface area (Å²) in [7, 11) is 3.43. The number of ether oxygens (including phenoxy) is 1. The van der Waals surface area contributed by atoms with E-state index in [1.165, 1.54) is 18.1 Å². The van der Waals surface area contributed by atoms with Gasteiger partial charge in [0.25, 0.3) is 11.5 Å². The smallest absolute Gasteiger partial charge is 0.263 e. The van der Waals surface area contributed by atoms with Crippen molar-refractivity contribution < 1.29 is 9.53 Å². The van der Waals surface area contributed by atoms with Crippen molar-refractivity contribution in [3.05, 3.63) is 58.3 Å². The Labute approximate surface area is 165 Å². The molecule has 0 atom stereocenters. The highest BCUT2D eigenvalue weighted by molar-refractivity contribution is 5.93. The van der Waals surface area contributed by atoms with Crippen molar-refractivity contribution in [2.45, 2.75) is 19.3 Å². The Morgan fingerprint density at radius 2 is 2.00 bits per heavy atom. The van der Waals surface area contributed by atoms with E-state index < -0.39 is 0 Å². The van der Waals surface area contributed by atoms with Gasteiger partial charge in [-0.1, -0.05) is 12.1 Å². The fourth-order valence-corrected chi connectivity index (χ4v) is 3.64. The van der Waals surface area contributed by atoms with Gasteiger partial charge in [-0.05, 0) is 56.0 Å². The number of amides is 1. The second-order valence-electron chi connectivity index (χ2n) is 7.36. The van der Waals surface area contributed by atoms with Crippen LogP contribution in [-0.4, -0.2) is 66.0 Å². The molecule has 28 heavy (non-hydrogen) atoms. The van der Waals surface area contributed by atoms with Gasteiger partial charge in [-0.3, -0.25) is 9.59 Å². The van der Waals surface area contributed by atoms with E-state index in [9.17, 15) is 9.59 Å². The second-order valence-corrected chi connectivity index (χ2v) is 7.36. The van der Waals surface area contributed by atoms with Gasteiger partial charge in [-0.25, -0.2) is 4.98 Å². The molecular weight excluding hydrogens is 356 g/mol. The summed E-state index contributed by atoms with van der Waals surface area (Å²) in [6, 6.07) is 8.24. The Hall–Kier alpha value is -2.67. The number of benzene rings is 1. The lowest BCUT2D eigenvalue weighted by atomic mass is 9.95. The van der Waals surface area contributed by atoms with Crippen LogP contribution in [0.5, 0.6) is 5.75 Å². The largest absolute Gasteiger partial charge is 0.497 e. The van der Waals surface area contributed by atoms with E-state index in [1.54, 1.807) is 19.1 Å². The van der Waals surface area contributed by atoms with Gasteiger partial charge in [0, 0.05) is 26.3 Å². The maximum absolute atomic E-state index is 12.5. The van der Waals surface area contributed by atoms with Crippen LogP contribution in [0.3, 0.4) is 0 Å². The van der Waals surface area contributed by atoms with Crippen LogP contribution in [0.15, 0.2) is 41.6 Å². The van der Waals surface area contributed by atoms with Crippen molar-refractivity contribution in [1.29, 1.82) is 0 Å². The number of H-pyrrole nitrogens is 1. The number of piperidine rings is 1. The van der Waals surface area contributed by atoms with E-state index in [0.717, 1.165) is 44.6 Å². The van der Waals surface area contributed by atoms with Crippen LogP contribution in [0.2, 0.25) is 0 Å². The minimum absolute atomic E-state index is 0.0990. The third kappa shape index (κ3) is 5.19. The molecule has 1 aromatic carbocycles. The molecule has 1 aromatic heterocycles. The van der Waals surface area contributed by atoms with Crippen molar-refractivity contribution in [2.24, 2.45) is 5.92 Å². The number of carbonyl (C=O) groups excluding carboxylic acids is 1. The minimum Gasteiger partial charge on any atom is -0.497 e. The van der Waals surface area contributed by atoms with E-state index >= 15 is 0 Å². The summed E-state index contributed by atoms with van der Waals surface area (Å²) in [6.07, 6.45) is 5.77. The highest BCUT2D eigenvalue weighted by Gasteiger charge is 2.23. The van der Waals surface area contributed by atoms with Crippen molar-refractivity contribution in [3.8, 4) is 5.75 Å². The number of aromatic nitrogens is 2. The zero-order valence-electron chi connectivity index (χ0n) is 16.6. The van der Waals surface area contributed by atoms with Crippen molar-refractivity contribution in [3.63, 3.8) is 0 Å². The maximum atomic E-state index is 12.5. The SMILES string of the molecule is COc1ccc(CCN2CCC(CN(C)C(=O)c3cnc[nH]c3=O)CC2)cc1. The molecular formula is C21H28N4O3. The van der Waals surface area contributed by atoms with Crippen LogP contribution in [0.1, 0.15) is 28.8 Å². The molecule has 150 valence electrons. The maximum Gasteiger partial charge on any atom is 0.263 e. The molecule has 3 rings (SSSR count). The molecule has 2 heterocycles. The van der Waals surface area contributed by atoms with E-state index in [4.69, 9.17) is 4.74 Å². The average molecular weight is 384 g/mol. The predicted molar refractivity (Wildman–Crippen MR) is 108 cm³/mol. The first-order chi connectivity index (χ1) is 13.6. The number of hydrogen-bond acceptors (Lipinski definition) is 5. The summed E-state index contributed by atoms with van der Waals surface area (Å²) in [5.41, 5.74) is 1.03. The third-order valence-electron chi connectivity index (χ3n) is 5.41. The molecule has 0 aliphatic carbocycles. The van der Waals surface area contributed by atoms with Gasteiger partial charge in [-0.2, -0.15) is 0 Å². The van der Waals surface area contributed by atoms with E-state index in [2.05, 4.69) is 27.0 Å². The Morgan fingerprint density at radius 3 is 2.64 bits per heavy atom. The van der Waals surface area contributed by atoms with Gasteiger partial charge in [0.05, 0.1) is 13.4 Å². The minimum atomic E-state index is -0.389. The van der Waals surface area contributed by atoms with E-state index in [-0.39, 0.29) is 17.0 Å². The first kappa shape index (κ1) is 20.1.